The van der Waals surface area contributed by atoms with E-state index >= 15 is 0 Å². The SMILES string of the molecule is CN(Cc1cc(Br)cs1)C(=O)c1cc(-c2ccco2)on1. The zero-order chi connectivity index (χ0) is 14.8. The van der Waals surface area contributed by atoms with Crippen molar-refractivity contribution in [2.45, 2.75) is 6.54 Å². The zero-order valence-corrected chi connectivity index (χ0v) is 13.5. The monoisotopic (exact) mass is 366 g/mol. The number of amides is 1. The van der Waals surface area contributed by atoms with E-state index in [0.717, 1.165) is 9.35 Å². The van der Waals surface area contributed by atoms with Gasteiger partial charge in [-0.2, -0.15) is 0 Å². The lowest BCUT2D eigenvalue weighted by molar-refractivity contribution is 0.0776. The lowest BCUT2D eigenvalue weighted by atomic mass is 10.3. The normalized spacial score (nSPS) is 10.8. The number of thiophene rings is 1. The Morgan fingerprint density at radius 3 is 2.95 bits per heavy atom. The van der Waals surface area contributed by atoms with Gasteiger partial charge in [0, 0.05) is 27.8 Å². The lowest BCUT2D eigenvalue weighted by Crippen LogP contribution is -2.26. The molecule has 3 aromatic rings. The summed E-state index contributed by atoms with van der Waals surface area (Å²) in [5.41, 5.74) is 0.263. The second-order valence-electron chi connectivity index (χ2n) is 4.45. The Hall–Kier alpha value is -1.86. The average Bonchev–Trinajstić information content (AvgIpc) is 3.18. The van der Waals surface area contributed by atoms with Crippen molar-refractivity contribution < 1.29 is 13.7 Å². The van der Waals surface area contributed by atoms with E-state index in [0.29, 0.717) is 18.1 Å². The minimum atomic E-state index is -0.193. The predicted octanol–water partition coefficient (Wildman–Crippen LogP) is 4.03. The summed E-state index contributed by atoms with van der Waals surface area (Å²) in [7, 11) is 1.73. The molecule has 3 rings (SSSR count). The minimum absolute atomic E-state index is 0.193. The number of rotatable bonds is 4. The molecule has 7 heteroatoms. The van der Waals surface area contributed by atoms with Crippen molar-refractivity contribution in [3.05, 3.63) is 51.0 Å². The van der Waals surface area contributed by atoms with E-state index in [2.05, 4.69) is 21.1 Å². The van der Waals surface area contributed by atoms with E-state index in [9.17, 15) is 4.79 Å². The number of carbonyl (C=O) groups is 1. The van der Waals surface area contributed by atoms with Gasteiger partial charge in [0.1, 0.15) is 0 Å². The van der Waals surface area contributed by atoms with Gasteiger partial charge in [-0.25, -0.2) is 0 Å². The fraction of sp³-hybridized carbons (Fsp3) is 0.143. The highest BCUT2D eigenvalue weighted by atomic mass is 79.9. The molecule has 0 aromatic carbocycles. The van der Waals surface area contributed by atoms with Crippen LogP contribution < -0.4 is 0 Å². The molecule has 0 unspecified atom stereocenters. The molecule has 0 aliphatic carbocycles. The Morgan fingerprint density at radius 2 is 2.29 bits per heavy atom. The molecule has 0 aliphatic rings. The molecule has 5 nitrogen and oxygen atoms in total. The Bertz CT molecular complexity index is 748. The highest BCUT2D eigenvalue weighted by molar-refractivity contribution is 9.10. The van der Waals surface area contributed by atoms with Crippen LogP contribution in [0.3, 0.4) is 0 Å². The van der Waals surface area contributed by atoms with Gasteiger partial charge in [-0.05, 0) is 34.1 Å². The molecule has 0 N–H and O–H groups in total. The number of furan rings is 1. The summed E-state index contributed by atoms with van der Waals surface area (Å²) in [5, 5.41) is 5.79. The van der Waals surface area contributed by atoms with Crippen molar-refractivity contribution in [3.63, 3.8) is 0 Å². The van der Waals surface area contributed by atoms with Crippen molar-refractivity contribution in [2.75, 3.05) is 7.05 Å². The van der Waals surface area contributed by atoms with Crippen LogP contribution in [0.15, 0.2) is 49.3 Å². The molecule has 0 atom stereocenters. The number of carbonyl (C=O) groups excluding carboxylic acids is 1. The van der Waals surface area contributed by atoms with Crippen molar-refractivity contribution in [2.24, 2.45) is 0 Å². The van der Waals surface area contributed by atoms with Gasteiger partial charge < -0.3 is 13.8 Å². The topological polar surface area (TPSA) is 59.5 Å². The Balaban J connectivity index is 1.72. The first-order valence-electron chi connectivity index (χ1n) is 6.12. The predicted molar refractivity (Wildman–Crippen MR) is 82.0 cm³/mol. The fourth-order valence-electron chi connectivity index (χ4n) is 1.85. The maximum atomic E-state index is 12.3. The molecule has 0 fully saturated rings. The van der Waals surface area contributed by atoms with Crippen molar-refractivity contribution in [1.82, 2.24) is 10.1 Å². The van der Waals surface area contributed by atoms with E-state index in [1.54, 1.807) is 47.7 Å². The van der Waals surface area contributed by atoms with Crippen LogP contribution in [-0.2, 0) is 6.54 Å². The summed E-state index contributed by atoms with van der Waals surface area (Å²) in [6.45, 7) is 0.526. The number of hydrogen-bond acceptors (Lipinski definition) is 5. The molecule has 0 saturated carbocycles. The first kappa shape index (κ1) is 14.1. The van der Waals surface area contributed by atoms with E-state index in [1.807, 2.05) is 11.4 Å². The smallest absolute Gasteiger partial charge is 0.276 e. The van der Waals surface area contributed by atoms with Crippen LogP contribution >= 0.6 is 27.3 Å². The molecule has 1 amide bonds. The van der Waals surface area contributed by atoms with Gasteiger partial charge in [-0.15, -0.1) is 11.3 Å². The van der Waals surface area contributed by atoms with Crippen LogP contribution in [0.2, 0.25) is 0 Å². The molecular weight excluding hydrogens is 356 g/mol. The molecule has 0 saturated heterocycles. The zero-order valence-electron chi connectivity index (χ0n) is 11.1. The van der Waals surface area contributed by atoms with Crippen molar-refractivity contribution >= 4 is 33.2 Å². The van der Waals surface area contributed by atoms with Gasteiger partial charge in [-0.1, -0.05) is 5.16 Å². The molecule has 0 aliphatic heterocycles. The maximum absolute atomic E-state index is 12.3. The van der Waals surface area contributed by atoms with Crippen molar-refractivity contribution in [3.8, 4) is 11.5 Å². The third-order valence-electron chi connectivity index (χ3n) is 2.85. The summed E-state index contributed by atoms with van der Waals surface area (Å²) < 4.78 is 11.4. The quantitative estimate of drug-likeness (QED) is 0.699. The molecule has 3 heterocycles. The number of halogens is 1. The standard InChI is InChI=1S/C14H11BrN2O3S/c1-17(7-10-5-9(15)8-21-10)14(18)11-6-13(20-16-11)12-3-2-4-19-12/h2-6,8H,7H2,1H3. The van der Waals surface area contributed by atoms with E-state index in [-0.39, 0.29) is 11.6 Å². The van der Waals surface area contributed by atoms with Gasteiger partial charge in [0.25, 0.3) is 5.91 Å². The number of hydrogen-bond donors (Lipinski definition) is 0. The van der Waals surface area contributed by atoms with Crippen LogP contribution in [0.5, 0.6) is 0 Å². The third-order valence-corrected chi connectivity index (χ3v) is 4.54. The second-order valence-corrected chi connectivity index (χ2v) is 6.36. The lowest BCUT2D eigenvalue weighted by Gasteiger charge is -2.13. The maximum Gasteiger partial charge on any atom is 0.276 e. The molecule has 0 bridgehead atoms. The third kappa shape index (κ3) is 3.08. The van der Waals surface area contributed by atoms with E-state index in [4.69, 9.17) is 8.94 Å². The summed E-state index contributed by atoms with van der Waals surface area (Å²) in [5.74, 6) is 0.795. The first-order chi connectivity index (χ1) is 10.1. The number of aromatic nitrogens is 1. The minimum Gasteiger partial charge on any atom is -0.461 e. The first-order valence-corrected chi connectivity index (χ1v) is 7.80. The summed E-state index contributed by atoms with van der Waals surface area (Å²) in [6, 6.07) is 7.08. The molecule has 0 radical (unpaired) electrons. The van der Waals surface area contributed by atoms with Gasteiger partial charge in [0.15, 0.2) is 11.5 Å². The van der Waals surface area contributed by atoms with Crippen LogP contribution in [0.25, 0.3) is 11.5 Å². The Morgan fingerprint density at radius 1 is 1.43 bits per heavy atom. The Kier molecular flexibility index (Phi) is 3.94. The van der Waals surface area contributed by atoms with Crippen LogP contribution in [0.1, 0.15) is 15.4 Å². The molecular formula is C14H11BrN2O3S. The van der Waals surface area contributed by atoms with Gasteiger partial charge in [-0.3, -0.25) is 4.79 Å². The largest absolute Gasteiger partial charge is 0.461 e. The van der Waals surface area contributed by atoms with Crippen molar-refractivity contribution in [1.29, 1.82) is 0 Å². The van der Waals surface area contributed by atoms with E-state index in [1.165, 1.54) is 0 Å². The van der Waals surface area contributed by atoms with E-state index < -0.39 is 0 Å². The van der Waals surface area contributed by atoms with Gasteiger partial charge in [0.2, 0.25) is 5.76 Å². The van der Waals surface area contributed by atoms with Crippen LogP contribution in [0, 0.1) is 0 Å². The molecule has 0 spiro atoms. The highest BCUT2D eigenvalue weighted by Gasteiger charge is 2.19. The average molecular weight is 367 g/mol. The summed E-state index contributed by atoms with van der Waals surface area (Å²) >= 11 is 4.99. The highest BCUT2D eigenvalue weighted by Crippen LogP contribution is 2.23. The fourth-order valence-corrected chi connectivity index (χ4v) is 3.35. The Labute approximate surface area is 133 Å². The number of nitrogens with zero attached hydrogens (tertiary/aromatic N) is 2. The van der Waals surface area contributed by atoms with Crippen LogP contribution in [0.4, 0.5) is 0 Å². The molecule has 108 valence electrons. The molecule has 21 heavy (non-hydrogen) atoms. The van der Waals surface area contributed by atoms with Gasteiger partial charge >= 0.3 is 0 Å². The van der Waals surface area contributed by atoms with Gasteiger partial charge in [0.05, 0.1) is 12.8 Å². The summed E-state index contributed by atoms with van der Waals surface area (Å²) in [4.78, 5) is 15.0. The summed E-state index contributed by atoms with van der Waals surface area (Å²) in [6.07, 6.45) is 1.54. The molecule has 3 aromatic heterocycles. The van der Waals surface area contributed by atoms with Crippen LogP contribution in [-0.4, -0.2) is 23.0 Å². The second kappa shape index (κ2) is 5.87.